The molecule has 0 bridgehead atoms. The van der Waals surface area contributed by atoms with Gasteiger partial charge in [-0.1, -0.05) is 40.2 Å². The minimum atomic E-state index is 0.0476. The molecule has 2 aromatic carbocycles. The summed E-state index contributed by atoms with van der Waals surface area (Å²) in [5, 5.41) is 9.42. The number of aromatic hydroxyl groups is 1. The number of hydrogen-bond donors (Lipinski definition) is 1. The Balaban J connectivity index is 1.98. The van der Waals surface area contributed by atoms with Gasteiger partial charge in [-0.3, -0.25) is 4.79 Å². The van der Waals surface area contributed by atoms with Gasteiger partial charge in [-0.25, -0.2) is 0 Å². The van der Waals surface area contributed by atoms with Gasteiger partial charge in [0, 0.05) is 18.1 Å². The van der Waals surface area contributed by atoms with Crippen molar-refractivity contribution in [2.45, 2.75) is 13.0 Å². The quantitative estimate of drug-likeness (QED) is 0.931. The van der Waals surface area contributed by atoms with E-state index >= 15 is 0 Å². The summed E-state index contributed by atoms with van der Waals surface area (Å²) >= 11 is 3.40. The summed E-state index contributed by atoms with van der Waals surface area (Å²) in [6.45, 7) is 0.487. The number of benzene rings is 2. The Bertz CT molecular complexity index is 613. The van der Waals surface area contributed by atoms with Crippen molar-refractivity contribution in [3.63, 3.8) is 0 Å². The molecule has 0 heterocycles. The lowest BCUT2D eigenvalue weighted by atomic mass is 10.1. The lowest BCUT2D eigenvalue weighted by molar-refractivity contribution is -0.129. The maximum absolute atomic E-state index is 12.2. The van der Waals surface area contributed by atoms with Gasteiger partial charge in [0.05, 0.1) is 6.42 Å². The van der Waals surface area contributed by atoms with Gasteiger partial charge in [0.15, 0.2) is 0 Å². The van der Waals surface area contributed by atoms with Crippen LogP contribution in [0.1, 0.15) is 11.1 Å². The van der Waals surface area contributed by atoms with E-state index in [0.717, 1.165) is 15.6 Å². The number of phenolic OH excluding ortho intramolecular Hbond substituents is 1. The van der Waals surface area contributed by atoms with Crippen LogP contribution < -0.4 is 0 Å². The molecular formula is C16H16BrNO2. The molecule has 104 valence electrons. The first kappa shape index (κ1) is 14.6. The highest BCUT2D eigenvalue weighted by Gasteiger charge is 2.10. The van der Waals surface area contributed by atoms with Crippen LogP contribution in [-0.4, -0.2) is 23.0 Å². The minimum Gasteiger partial charge on any atom is -0.508 e. The predicted octanol–water partition coefficient (Wildman–Crippen LogP) is 3.36. The van der Waals surface area contributed by atoms with Crippen molar-refractivity contribution in [1.29, 1.82) is 0 Å². The molecule has 0 saturated heterocycles. The lowest BCUT2D eigenvalue weighted by Gasteiger charge is -2.17. The molecule has 0 atom stereocenters. The second kappa shape index (κ2) is 6.57. The Labute approximate surface area is 127 Å². The summed E-state index contributed by atoms with van der Waals surface area (Å²) in [4.78, 5) is 13.8. The predicted molar refractivity (Wildman–Crippen MR) is 82.4 cm³/mol. The zero-order valence-corrected chi connectivity index (χ0v) is 12.8. The fourth-order valence-corrected chi connectivity index (χ4v) is 2.42. The van der Waals surface area contributed by atoms with E-state index in [1.807, 2.05) is 30.3 Å². The van der Waals surface area contributed by atoms with Crippen LogP contribution in [0.5, 0.6) is 5.75 Å². The minimum absolute atomic E-state index is 0.0476. The molecule has 0 spiro atoms. The molecule has 0 radical (unpaired) electrons. The molecule has 0 fully saturated rings. The third-order valence-corrected chi connectivity index (χ3v) is 3.49. The number of halogens is 1. The molecule has 2 aromatic rings. The Morgan fingerprint density at radius 3 is 2.55 bits per heavy atom. The summed E-state index contributed by atoms with van der Waals surface area (Å²) in [6, 6.07) is 14.7. The second-order valence-electron chi connectivity index (χ2n) is 4.73. The molecular weight excluding hydrogens is 318 g/mol. The number of nitrogens with zero attached hydrogens (tertiary/aromatic N) is 1. The molecule has 0 aromatic heterocycles. The van der Waals surface area contributed by atoms with Gasteiger partial charge in [-0.15, -0.1) is 0 Å². The van der Waals surface area contributed by atoms with Crippen LogP contribution >= 0.6 is 15.9 Å². The van der Waals surface area contributed by atoms with Crippen molar-refractivity contribution in [3.8, 4) is 5.75 Å². The molecule has 0 saturated carbocycles. The van der Waals surface area contributed by atoms with Crippen molar-refractivity contribution < 1.29 is 9.90 Å². The van der Waals surface area contributed by atoms with Crippen LogP contribution in [0.4, 0.5) is 0 Å². The zero-order valence-electron chi connectivity index (χ0n) is 11.2. The smallest absolute Gasteiger partial charge is 0.227 e. The molecule has 1 amide bonds. The number of phenols is 1. The van der Waals surface area contributed by atoms with Gasteiger partial charge in [-0.05, 0) is 35.4 Å². The van der Waals surface area contributed by atoms with Crippen LogP contribution in [0.25, 0.3) is 0 Å². The van der Waals surface area contributed by atoms with Crippen LogP contribution in [-0.2, 0) is 17.8 Å². The van der Waals surface area contributed by atoms with Crippen molar-refractivity contribution >= 4 is 21.8 Å². The fourth-order valence-electron chi connectivity index (χ4n) is 1.97. The molecule has 4 heteroatoms. The third-order valence-electron chi connectivity index (χ3n) is 3.00. The maximum Gasteiger partial charge on any atom is 0.227 e. The summed E-state index contributed by atoms with van der Waals surface area (Å²) in [7, 11) is 1.77. The number of rotatable bonds is 4. The van der Waals surface area contributed by atoms with Gasteiger partial charge < -0.3 is 10.0 Å². The monoisotopic (exact) mass is 333 g/mol. The Morgan fingerprint density at radius 1 is 1.15 bits per heavy atom. The highest BCUT2D eigenvalue weighted by atomic mass is 79.9. The second-order valence-corrected chi connectivity index (χ2v) is 5.64. The number of carbonyl (C=O) groups is 1. The summed E-state index contributed by atoms with van der Waals surface area (Å²) in [6.07, 6.45) is 0.370. The Kier molecular flexibility index (Phi) is 4.79. The van der Waals surface area contributed by atoms with E-state index in [1.54, 1.807) is 30.1 Å². The first-order valence-electron chi connectivity index (χ1n) is 6.31. The van der Waals surface area contributed by atoms with Crippen molar-refractivity contribution in [3.05, 3.63) is 64.1 Å². The van der Waals surface area contributed by atoms with Crippen LogP contribution in [0.15, 0.2) is 53.0 Å². The van der Waals surface area contributed by atoms with Gasteiger partial charge in [0.1, 0.15) is 5.75 Å². The molecule has 2 rings (SSSR count). The van der Waals surface area contributed by atoms with Gasteiger partial charge in [0.25, 0.3) is 0 Å². The largest absolute Gasteiger partial charge is 0.508 e. The highest BCUT2D eigenvalue weighted by molar-refractivity contribution is 9.10. The van der Waals surface area contributed by atoms with Crippen LogP contribution in [0.3, 0.4) is 0 Å². The van der Waals surface area contributed by atoms with E-state index in [1.165, 1.54) is 0 Å². The number of amides is 1. The number of carbonyl (C=O) groups excluding carboxylic acids is 1. The van der Waals surface area contributed by atoms with Gasteiger partial charge in [0.2, 0.25) is 5.91 Å². The Morgan fingerprint density at radius 2 is 1.85 bits per heavy atom. The van der Waals surface area contributed by atoms with E-state index in [9.17, 15) is 9.90 Å². The average molecular weight is 334 g/mol. The topological polar surface area (TPSA) is 40.5 Å². The summed E-state index contributed by atoms with van der Waals surface area (Å²) in [5.41, 5.74) is 1.89. The van der Waals surface area contributed by atoms with Crippen LogP contribution in [0.2, 0.25) is 0 Å². The highest BCUT2D eigenvalue weighted by Crippen LogP contribution is 2.15. The maximum atomic E-state index is 12.2. The summed E-state index contributed by atoms with van der Waals surface area (Å²) in [5.74, 6) is 0.266. The first-order chi connectivity index (χ1) is 9.54. The average Bonchev–Trinajstić information content (AvgIpc) is 2.38. The van der Waals surface area contributed by atoms with E-state index in [0.29, 0.717) is 13.0 Å². The lowest BCUT2D eigenvalue weighted by Crippen LogP contribution is -2.27. The molecule has 0 unspecified atom stereocenters. The van der Waals surface area contributed by atoms with E-state index in [2.05, 4.69) is 15.9 Å². The SMILES string of the molecule is CN(Cc1cccc(O)c1)C(=O)Cc1cccc(Br)c1. The van der Waals surface area contributed by atoms with E-state index in [4.69, 9.17) is 0 Å². The van der Waals surface area contributed by atoms with E-state index in [-0.39, 0.29) is 11.7 Å². The molecule has 0 aliphatic rings. The Hall–Kier alpha value is -1.81. The molecule has 0 aliphatic carbocycles. The molecule has 0 aliphatic heterocycles. The number of likely N-dealkylation sites (N-methyl/N-ethyl adjacent to an activating group) is 1. The number of hydrogen-bond acceptors (Lipinski definition) is 2. The van der Waals surface area contributed by atoms with Crippen molar-refractivity contribution in [2.75, 3.05) is 7.05 Å². The van der Waals surface area contributed by atoms with Crippen LogP contribution in [0, 0.1) is 0 Å². The third kappa shape index (κ3) is 4.10. The van der Waals surface area contributed by atoms with Crippen molar-refractivity contribution in [1.82, 2.24) is 4.90 Å². The standard InChI is InChI=1S/C16H16BrNO2/c1-18(11-13-5-3-7-15(19)9-13)16(20)10-12-4-2-6-14(17)8-12/h2-9,19H,10-11H2,1H3. The normalized spacial score (nSPS) is 10.3. The van der Waals surface area contributed by atoms with E-state index < -0.39 is 0 Å². The molecule has 20 heavy (non-hydrogen) atoms. The fraction of sp³-hybridized carbons (Fsp3) is 0.188. The van der Waals surface area contributed by atoms with Gasteiger partial charge >= 0.3 is 0 Å². The summed E-state index contributed by atoms with van der Waals surface area (Å²) < 4.78 is 0.971. The van der Waals surface area contributed by atoms with Crippen molar-refractivity contribution in [2.24, 2.45) is 0 Å². The first-order valence-corrected chi connectivity index (χ1v) is 7.10. The molecule has 3 nitrogen and oxygen atoms in total. The zero-order chi connectivity index (χ0) is 14.5. The van der Waals surface area contributed by atoms with Gasteiger partial charge in [-0.2, -0.15) is 0 Å². The molecule has 1 N–H and O–H groups in total.